The van der Waals surface area contributed by atoms with Crippen LogP contribution in [0.1, 0.15) is 54.8 Å². The fourth-order valence-corrected chi connectivity index (χ4v) is 7.88. The molecule has 1 atom stereocenters. The van der Waals surface area contributed by atoms with Crippen LogP contribution in [0.3, 0.4) is 0 Å². The van der Waals surface area contributed by atoms with Crippen molar-refractivity contribution in [3.63, 3.8) is 0 Å². The average molecular weight is 535 g/mol. The SMILES string of the molecule is O=S(=O)(NC1=CC=C(Oc2ccc3c(c2)C(C2(c4ccc(O)cc4)CCC2)NCC3)CC1)c1cccs1. The normalized spacial score (nSPS) is 20.7. The summed E-state index contributed by atoms with van der Waals surface area (Å²) in [6, 6.07) is 17.6. The number of hydrogen-bond donors (Lipinski definition) is 3. The molecule has 0 spiro atoms. The highest BCUT2D eigenvalue weighted by Gasteiger charge is 2.47. The van der Waals surface area contributed by atoms with Gasteiger partial charge in [0.1, 0.15) is 21.5 Å². The molecule has 1 saturated carbocycles. The van der Waals surface area contributed by atoms with Crippen LogP contribution in [-0.2, 0) is 21.9 Å². The molecule has 3 N–H and O–H groups in total. The number of phenols is 1. The molecule has 2 heterocycles. The maximum Gasteiger partial charge on any atom is 0.271 e. The van der Waals surface area contributed by atoms with E-state index in [-0.39, 0.29) is 11.5 Å². The molecule has 6 rings (SSSR count). The van der Waals surface area contributed by atoms with Crippen LogP contribution < -0.4 is 14.8 Å². The molecule has 1 aliphatic heterocycles. The second kappa shape index (κ2) is 9.67. The number of fused-ring (bicyclic) bond motifs is 1. The van der Waals surface area contributed by atoms with Crippen LogP contribution in [0.4, 0.5) is 0 Å². The third kappa shape index (κ3) is 4.69. The van der Waals surface area contributed by atoms with Gasteiger partial charge in [0.2, 0.25) is 0 Å². The van der Waals surface area contributed by atoms with Crippen LogP contribution in [0.2, 0.25) is 0 Å². The number of rotatable bonds is 7. The Hall–Kier alpha value is -3.07. The molecule has 3 aliphatic rings. The maximum atomic E-state index is 12.5. The van der Waals surface area contributed by atoms with Crippen molar-refractivity contribution in [2.75, 3.05) is 6.54 Å². The van der Waals surface area contributed by atoms with E-state index in [1.165, 1.54) is 34.4 Å². The molecule has 2 aliphatic carbocycles. The van der Waals surface area contributed by atoms with Gasteiger partial charge in [0.05, 0.1) is 0 Å². The lowest BCUT2D eigenvalue weighted by molar-refractivity contribution is 0.164. The van der Waals surface area contributed by atoms with Crippen LogP contribution >= 0.6 is 11.3 Å². The summed E-state index contributed by atoms with van der Waals surface area (Å²) in [6.07, 6.45) is 9.24. The van der Waals surface area contributed by atoms with E-state index in [1.54, 1.807) is 35.7 Å². The van der Waals surface area contributed by atoms with Crippen molar-refractivity contribution in [1.29, 1.82) is 0 Å². The molecule has 2 aromatic carbocycles. The molecule has 1 fully saturated rings. The standard InChI is InChI=1S/C29H30N2O4S2/c32-23-9-5-21(6-10-23)29(15-2-16-29)28-26-19-25(11-4-20(26)14-17-30-28)35-24-12-7-22(8-13-24)31-37(33,34)27-3-1-18-36-27/h1,3-7,9-12,18-19,28,30-32H,2,8,13-17H2. The highest BCUT2D eigenvalue weighted by atomic mass is 32.2. The summed E-state index contributed by atoms with van der Waals surface area (Å²) in [5.74, 6) is 1.91. The van der Waals surface area contributed by atoms with E-state index in [9.17, 15) is 13.5 Å². The van der Waals surface area contributed by atoms with E-state index in [2.05, 4.69) is 34.3 Å². The van der Waals surface area contributed by atoms with Gasteiger partial charge in [-0.15, -0.1) is 11.3 Å². The van der Waals surface area contributed by atoms with E-state index in [4.69, 9.17) is 4.74 Å². The number of allylic oxidation sites excluding steroid dienone is 4. The number of thiophene rings is 1. The quantitative estimate of drug-likeness (QED) is 0.363. The summed E-state index contributed by atoms with van der Waals surface area (Å²) < 4.78 is 34.3. The van der Waals surface area contributed by atoms with Crippen LogP contribution in [0, 0.1) is 0 Å². The van der Waals surface area contributed by atoms with Gasteiger partial charge in [0, 0.05) is 23.6 Å². The minimum atomic E-state index is -3.54. The van der Waals surface area contributed by atoms with Gasteiger partial charge < -0.3 is 15.2 Å². The van der Waals surface area contributed by atoms with E-state index in [0.717, 1.165) is 37.3 Å². The zero-order valence-electron chi connectivity index (χ0n) is 20.4. The Morgan fingerprint density at radius 3 is 2.54 bits per heavy atom. The van der Waals surface area contributed by atoms with Gasteiger partial charge in [-0.2, -0.15) is 0 Å². The highest BCUT2D eigenvalue weighted by Crippen LogP contribution is 2.54. The predicted octanol–water partition coefficient (Wildman–Crippen LogP) is 5.68. The van der Waals surface area contributed by atoms with Gasteiger partial charge in [-0.1, -0.05) is 30.7 Å². The Kier molecular flexibility index (Phi) is 6.34. The van der Waals surface area contributed by atoms with Crippen molar-refractivity contribution in [2.45, 2.75) is 54.2 Å². The summed E-state index contributed by atoms with van der Waals surface area (Å²) in [6.45, 7) is 0.942. The Labute approximate surface area is 221 Å². The largest absolute Gasteiger partial charge is 0.508 e. The Bertz CT molecular complexity index is 1450. The van der Waals surface area contributed by atoms with E-state index in [0.29, 0.717) is 28.5 Å². The van der Waals surface area contributed by atoms with Crippen molar-refractivity contribution in [3.8, 4) is 11.5 Å². The topological polar surface area (TPSA) is 87.7 Å². The number of hydrogen-bond acceptors (Lipinski definition) is 6. The first-order valence-corrected chi connectivity index (χ1v) is 15.1. The minimum Gasteiger partial charge on any atom is -0.508 e. The van der Waals surface area contributed by atoms with E-state index < -0.39 is 10.0 Å². The summed E-state index contributed by atoms with van der Waals surface area (Å²) in [5, 5.41) is 15.4. The van der Waals surface area contributed by atoms with Gasteiger partial charge in [0.15, 0.2) is 0 Å². The molecule has 1 aromatic heterocycles. The number of sulfonamides is 1. The number of aromatic hydroxyl groups is 1. The molecule has 192 valence electrons. The van der Waals surface area contributed by atoms with Crippen LogP contribution in [0.5, 0.6) is 11.5 Å². The lowest BCUT2D eigenvalue weighted by Gasteiger charge is -2.50. The second-order valence-corrected chi connectivity index (χ2v) is 12.9. The number of ether oxygens (including phenoxy) is 1. The zero-order valence-corrected chi connectivity index (χ0v) is 22.1. The lowest BCUT2D eigenvalue weighted by atomic mass is 9.58. The van der Waals surface area contributed by atoms with Crippen molar-refractivity contribution in [1.82, 2.24) is 10.0 Å². The van der Waals surface area contributed by atoms with Crippen LogP contribution in [0.15, 0.2) is 87.8 Å². The summed E-state index contributed by atoms with van der Waals surface area (Å²) in [5.41, 5.74) is 4.59. The molecule has 37 heavy (non-hydrogen) atoms. The monoisotopic (exact) mass is 534 g/mol. The van der Waals surface area contributed by atoms with Crippen molar-refractivity contribution >= 4 is 21.4 Å². The number of benzene rings is 2. The fourth-order valence-electron chi connectivity index (χ4n) is 5.76. The molecule has 0 saturated heterocycles. The lowest BCUT2D eigenvalue weighted by Crippen LogP contribution is -2.49. The van der Waals surface area contributed by atoms with Crippen LogP contribution in [0.25, 0.3) is 0 Å². The molecule has 0 radical (unpaired) electrons. The summed E-state index contributed by atoms with van der Waals surface area (Å²) in [7, 11) is -3.54. The fraction of sp³-hybridized carbons (Fsp3) is 0.310. The number of nitrogens with one attached hydrogen (secondary N) is 2. The van der Waals surface area contributed by atoms with Crippen molar-refractivity contribution in [2.24, 2.45) is 0 Å². The molecule has 1 unspecified atom stereocenters. The molecule has 6 nitrogen and oxygen atoms in total. The summed E-state index contributed by atoms with van der Waals surface area (Å²) in [4.78, 5) is 0. The zero-order chi connectivity index (χ0) is 25.5. The first kappa shape index (κ1) is 24.3. The van der Waals surface area contributed by atoms with Crippen molar-refractivity contribution in [3.05, 3.63) is 100 Å². The summed E-state index contributed by atoms with van der Waals surface area (Å²) >= 11 is 1.20. The first-order chi connectivity index (χ1) is 17.9. The molecule has 0 bridgehead atoms. The first-order valence-electron chi connectivity index (χ1n) is 12.7. The highest BCUT2D eigenvalue weighted by molar-refractivity contribution is 7.91. The molecular formula is C29H30N2O4S2. The third-order valence-electron chi connectivity index (χ3n) is 7.80. The maximum absolute atomic E-state index is 12.5. The van der Waals surface area contributed by atoms with Gasteiger partial charge >= 0.3 is 0 Å². The van der Waals surface area contributed by atoms with Crippen LogP contribution in [-0.4, -0.2) is 20.1 Å². The van der Waals surface area contributed by atoms with Gasteiger partial charge in [-0.3, -0.25) is 4.72 Å². The van der Waals surface area contributed by atoms with E-state index in [1.807, 2.05) is 12.1 Å². The predicted molar refractivity (Wildman–Crippen MR) is 145 cm³/mol. The Balaban J connectivity index is 1.22. The Morgan fingerprint density at radius 2 is 1.86 bits per heavy atom. The molecular weight excluding hydrogens is 504 g/mol. The smallest absolute Gasteiger partial charge is 0.271 e. The van der Waals surface area contributed by atoms with Gasteiger partial charge in [-0.25, -0.2) is 8.42 Å². The van der Waals surface area contributed by atoms with Crippen molar-refractivity contribution < 1.29 is 18.3 Å². The van der Waals surface area contributed by atoms with E-state index >= 15 is 0 Å². The third-order valence-corrected chi connectivity index (χ3v) is 10.6. The average Bonchev–Trinajstić information content (AvgIpc) is 3.42. The Morgan fingerprint density at radius 1 is 1.03 bits per heavy atom. The minimum absolute atomic E-state index is 0.0168. The number of phenolic OH excluding ortho intramolecular Hbond substituents is 1. The second-order valence-electron chi connectivity index (χ2n) is 10.0. The molecule has 8 heteroatoms. The van der Waals surface area contributed by atoms with Gasteiger partial charge in [-0.05, 0) is 96.8 Å². The molecule has 3 aromatic rings. The van der Waals surface area contributed by atoms with Gasteiger partial charge in [0.25, 0.3) is 10.0 Å². The molecule has 0 amide bonds.